The van der Waals surface area contributed by atoms with Crippen molar-refractivity contribution in [2.75, 3.05) is 13.2 Å². The smallest absolute Gasteiger partial charge is 0.276 e. The molecule has 0 saturated heterocycles. The summed E-state index contributed by atoms with van der Waals surface area (Å²) in [6, 6.07) is 13.3. The third kappa shape index (κ3) is 7.58. The first-order chi connectivity index (χ1) is 14.4. The largest absolute Gasteiger partial charge is 0.483 e. The summed E-state index contributed by atoms with van der Waals surface area (Å²) >= 11 is 3.47. The summed E-state index contributed by atoms with van der Waals surface area (Å²) < 4.78 is 11.9. The van der Waals surface area contributed by atoms with Crippen molar-refractivity contribution >= 4 is 27.7 Å². The van der Waals surface area contributed by atoms with Crippen molar-refractivity contribution in [1.82, 2.24) is 10.9 Å². The lowest BCUT2D eigenvalue weighted by molar-refractivity contribution is -0.131. The number of nitrogens with one attached hydrogen (secondary N) is 2. The Labute approximate surface area is 192 Å². The van der Waals surface area contributed by atoms with E-state index in [1.165, 1.54) is 0 Å². The van der Waals surface area contributed by atoms with Gasteiger partial charge in [-0.3, -0.25) is 20.4 Å². The van der Waals surface area contributed by atoms with Gasteiger partial charge in [0, 0.05) is 0 Å². The molecule has 168 valence electrons. The molecule has 2 aromatic rings. The number of carbonyl (C=O) groups is 2. The van der Waals surface area contributed by atoms with Gasteiger partial charge in [0.2, 0.25) is 0 Å². The number of benzene rings is 2. The maximum atomic E-state index is 12.0. The van der Waals surface area contributed by atoms with E-state index in [1.807, 2.05) is 42.5 Å². The SMILES string of the molecule is CC(C)(C)c1ccc(OCC(=O)NNC(=O)COc2ccccc2C(C)(C)C)c(Br)c1. The normalized spacial score (nSPS) is 11.6. The van der Waals surface area contributed by atoms with Crippen LogP contribution in [0.4, 0.5) is 0 Å². The van der Waals surface area contributed by atoms with Gasteiger partial charge in [-0.15, -0.1) is 0 Å². The van der Waals surface area contributed by atoms with Crippen molar-refractivity contribution in [3.63, 3.8) is 0 Å². The molecule has 6 nitrogen and oxygen atoms in total. The number of rotatable bonds is 6. The second-order valence-electron chi connectivity index (χ2n) is 9.32. The van der Waals surface area contributed by atoms with Gasteiger partial charge in [0.25, 0.3) is 11.8 Å². The topological polar surface area (TPSA) is 76.7 Å². The lowest BCUT2D eigenvalue weighted by Gasteiger charge is -2.22. The molecule has 0 aliphatic rings. The molecule has 0 bridgehead atoms. The molecule has 31 heavy (non-hydrogen) atoms. The third-order valence-corrected chi connectivity index (χ3v) is 5.17. The van der Waals surface area contributed by atoms with Crippen molar-refractivity contribution < 1.29 is 19.1 Å². The zero-order valence-corrected chi connectivity index (χ0v) is 20.6. The van der Waals surface area contributed by atoms with Crippen molar-refractivity contribution in [2.24, 2.45) is 0 Å². The Hall–Kier alpha value is -2.54. The van der Waals surface area contributed by atoms with Crippen LogP contribution in [0, 0.1) is 0 Å². The van der Waals surface area contributed by atoms with Crippen LogP contribution < -0.4 is 20.3 Å². The van der Waals surface area contributed by atoms with Crippen molar-refractivity contribution in [2.45, 2.75) is 52.4 Å². The molecule has 0 saturated carbocycles. The van der Waals surface area contributed by atoms with Crippen molar-refractivity contribution in [3.05, 3.63) is 58.1 Å². The Morgan fingerprint density at radius 1 is 0.806 bits per heavy atom. The monoisotopic (exact) mass is 490 g/mol. The average Bonchev–Trinajstić information content (AvgIpc) is 2.68. The number of amides is 2. The van der Waals surface area contributed by atoms with E-state index in [0.29, 0.717) is 11.5 Å². The molecule has 0 spiro atoms. The van der Waals surface area contributed by atoms with Crippen LogP contribution >= 0.6 is 15.9 Å². The summed E-state index contributed by atoms with van der Waals surface area (Å²) in [4.78, 5) is 24.1. The Kier molecular flexibility index (Phi) is 8.12. The number of hydrogen-bond acceptors (Lipinski definition) is 4. The van der Waals surface area contributed by atoms with Crippen LogP contribution in [-0.2, 0) is 20.4 Å². The highest BCUT2D eigenvalue weighted by molar-refractivity contribution is 9.10. The van der Waals surface area contributed by atoms with Gasteiger partial charge in [-0.05, 0) is 56.1 Å². The number of para-hydroxylation sites is 1. The van der Waals surface area contributed by atoms with Gasteiger partial charge < -0.3 is 9.47 Å². The molecular weight excluding hydrogens is 460 g/mol. The molecule has 0 aliphatic heterocycles. The highest BCUT2D eigenvalue weighted by atomic mass is 79.9. The van der Waals surface area contributed by atoms with E-state index in [9.17, 15) is 9.59 Å². The Morgan fingerprint density at radius 2 is 1.35 bits per heavy atom. The maximum absolute atomic E-state index is 12.0. The van der Waals surface area contributed by atoms with E-state index >= 15 is 0 Å². The fraction of sp³-hybridized carbons (Fsp3) is 0.417. The lowest BCUT2D eigenvalue weighted by Crippen LogP contribution is -2.45. The molecule has 0 heterocycles. The maximum Gasteiger partial charge on any atom is 0.276 e. The summed E-state index contributed by atoms with van der Waals surface area (Å²) in [6.45, 7) is 12.1. The molecule has 0 unspecified atom stereocenters. The van der Waals surface area contributed by atoms with Gasteiger partial charge in [-0.25, -0.2) is 0 Å². The predicted molar refractivity (Wildman–Crippen MR) is 125 cm³/mol. The molecule has 0 fully saturated rings. The summed E-state index contributed by atoms with van der Waals surface area (Å²) in [5, 5.41) is 0. The van der Waals surface area contributed by atoms with E-state index in [1.54, 1.807) is 0 Å². The highest BCUT2D eigenvalue weighted by Crippen LogP contribution is 2.32. The molecule has 0 aliphatic carbocycles. The molecular formula is C24H31BrN2O4. The average molecular weight is 491 g/mol. The van der Waals surface area contributed by atoms with E-state index in [-0.39, 0.29) is 24.0 Å². The van der Waals surface area contributed by atoms with Gasteiger partial charge in [0.15, 0.2) is 13.2 Å². The minimum atomic E-state index is -0.477. The zero-order valence-electron chi connectivity index (χ0n) is 19.0. The second kappa shape index (κ2) is 10.2. The summed E-state index contributed by atoms with van der Waals surface area (Å²) in [5.41, 5.74) is 6.72. The third-order valence-electron chi connectivity index (χ3n) is 4.55. The predicted octanol–water partition coefficient (Wildman–Crippen LogP) is 4.65. The first-order valence-electron chi connectivity index (χ1n) is 10.1. The highest BCUT2D eigenvalue weighted by Gasteiger charge is 2.19. The van der Waals surface area contributed by atoms with Crippen LogP contribution in [0.5, 0.6) is 11.5 Å². The van der Waals surface area contributed by atoms with E-state index in [2.05, 4.69) is 68.3 Å². The second-order valence-corrected chi connectivity index (χ2v) is 10.2. The van der Waals surface area contributed by atoms with E-state index in [4.69, 9.17) is 9.47 Å². The van der Waals surface area contributed by atoms with Gasteiger partial charge in [0.05, 0.1) is 4.47 Å². The minimum Gasteiger partial charge on any atom is -0.483 e. The van der Waals surface area contributed by atoms with E-state index in [0.717, 1.165) is 15.6 Å². The molecule has 2 amide bonds. The Morgan fingerprint density at radius 3 is 1.87 bits per heavy atom. The van der Waals surface area contributed by atoms with Crippen LogP contribution in [0.25, 0.3) is 0 Å². The zero-order chi connectivity index (χ0) is 23.2. The molecule has 0 aromatic heterocycles. The molecule has 0 atom stereocenters. The molecule has 0 radical (unpaired) electrons. The van der Waals surface area contributed by atoms with Crippen molar-refractivity contribution in [3.8, 4) is 11.5 Å². The lowest BCUT2D eigenvalue weighted by atomic mass is 9.86. The molecule has 2 aromatic carbocycles. The number of hydrogen-bond donors (Lipinski definition) is 2. The molecule has 7 heteroatoms. The Bertz CT molecular complexity index is 930. The van der Waals surface area contributed by atoms with Gasteiger partial charge >= 0.3 is 0 Å². The van der Waals surface area contributed by atoms with Crippen molar-refractivity contribution in [1.29, 1.82) is 0 Å². The first kappa shape index (κ1) is 24.7. The number of ether oxygens (including phenoxy) is 2. The van der Waals surface area contributed by atoms with Gasteiger partial charge in [-0.1, -0.05) is 65.8 Å². The standard InChI is InChI=1S/C24H31BrN2O4/c1-23(2,3)16-11-12-20(18(25)13-16)31-15-22(29)27-26-21(28)14-30-19-10-8-7-9-17(19)24(4,5)6/h7-13H,14-15H2,1-6H3,(H,26,28)(H,27,29). The van der Waals surface area contributed by atoms with Crippen LogP contribution in [0.3, 0.4) is 0 Å². The van der Waals surface area contributed by atoms with Crippen LogP contribution in [-0.4, -0.2) is 25.0 Å². The molecule has 2 rings (SSSR count). The van der Waals surface area contributed by atoms with Crippen LogP contribution in [0.1, 0.15) is 52.7 Å². The minimum absolute atomic E-state index is 0.0121. The number of hydrazine groups is 1. The quantitative estimate of drug-likeness (QED) is 0.577. The first-order valence-corrected chi connectivity index (χ1v) is 10.9. The fourth-order valence-electron chi connectivity index (χ4n) is 2.79. The van der Waals surface area contributed by atoms with Crippen LogP contribution in [0.15, 0.2) is 46.9 Å². The Balaban J connectivity index is 1.80. The molecule has 2 N–H and O–H groups in total. The summed E-state index contributed by atoms with van der Waals surface area (Å²) in [6.07, 6.45) is 0. The number of halogens is 1. The fourth-order valence-corrected chi connectivity index (χ4v) is 3.29. The number of carbonyl (C=O) groups excluding carboxylic acids is 2. The summed E-state index contributed by atoms with van der Waals surface area (Å²) in [7, 11) is 0. The van der Waals surface area contributed by atoms with Crippen LogP contribution in [0.2, 0.25) is 0 Å². The van der Waals surface area contributed by atoms with E-state index < -0.39 is 11.8 Å². The summed E-state index contributed by atoms with van der Waals surface area (Å²) in [5.74, 6) is 0.253. The van der Waals surface area contributed by atoms with Gasteiger partial charge in [-0.2, -0.15) is 0 Å². The van der Waals surface area contributed by atoms with Gasteiger partial charge in [0.1, 0.15) is 11.5 Å².